The molecule has 474 valence electrons. The number of unbranched alkanes of at least 4 members (excludes halogenated alkanes) is 15. The molecule has 0 amide bonds. The van der Waals surface area contributed by atoms with Gasteiger partial charge in [-0.1, -0.05) is 245 Å². The number of nitrogens with zero attached hydrogens (tertiary/aromatic N) is 3. The molecule has 6 nitrogen and oxygen atoms in total. The van der Waals surface area contributed by atoms with Crippen molar-refractivity contribution in [2.45, 2.75) is 196 Å². The molecule has 0 aliphatic carbocycles. The number of furan rings is 3. The van der Waals surface area contributed by atoms with Crippen LogP contribution in [0.25, 0.3) is 99.6 Å². The van der Waals surface area contributed by atoms with E-state index < -0.39 is 0 Å². The van der Waals surface area contributed by atoms with Crippen LogP contribution in [0, 0.1) is 35.7 Å². The molecule has 0 N–H and O–H groups in total. The second-order valence-electron chi connectivity index (χ2n) is 24.0. The summed E-state index contributed by atoms with van der Waals surface area (Å²) in [5, 5.41) is 6.31. The monoisotopic (exact) mass is 1400 g/mol. The fourth-order valence-electron chi connectivity index (χ4n) is 12.7. The summed E-state index contributed by atoms with van der Waals surface area (Å²) < 4.78 is 64.8. The first-order valence-electron chi connectivity index (χ1n) is 33.7. The Hall–Kier alpha value is -7.39. The van der Waals surface area contributed by atoms with Crippen LogP contribution in [0.1, 0.15) is 190 Å². The molecule has 0 radical (unpaired) electrons. The molecule has 10 heteroatoms. The number of halogens is 3. The zero-order valence-electron chi connectivity index (χ0n) is 54.1. The Labute approximate surface area is 550 Å². The topological polar surface area (TPSA) is 78.1 Å². The van der Waals surface area contributed by atoms with Gasteiger partial charge in [-0.25, -0.2) is 13.2 Å². The third-order valence-corrected chi connectivity index (χ3v) is 17.8. The minimum absolute atomic E-state index is 0. The maximum absolute atomic E-state index is 15.4. The predicted octanol–water partition coefficient (Wildman–Crippen LogP) is 24.2. The summed E-state index contributed by atoms with van der Waals surface area (Å²) in [4.78, 5) is 13.2. The quantitative estimate of drug-likeness (QED) is 0.0377. The molecular formula is C81H87F3IrN3O3. The van der Waals surface area contributed by atoms with E-state index in [2.05, 4.69) is 92.9 Å². The molecule has 0 saturated carbocycles. The van der Waals surface area contributed by atoms with Gasteiger partial charge >= 0.3 is 20.1 Å². The Morgan fingerprint density at radius 2 is 0.593 bits per heavy atom. The van der Waals surface area contributed by atoms with Crippen LogP contribution in [0.3, 0.4) is 0 Å². The average Bonchev–Trinajstić information content (AvgIpc) is 1.65. The average molecular weight is 1400 g/mol. The van der Waals surface area contributed by atoms with Gasteiger partial charge in [-0.3, -0.25) is 0 Å². The van der Waals surface area contributed by atoms with E-state index in [0.717, 1.165) is 159 Å². The van der Waals surface area contributed by atoms with E-state index in [1.165, 1.54) is 77.0 Å². The molecule has 0 spiro atoms. The van der Waals surface area contributed by atoms with E-state index in [9.17, 15) is 0 Å². The van der Waals surface area contributed by atoms with Gasteiger partial charge < -0.3 is 28.2 Å². The van der Waals surface area contributed by atoms with Gasteiger partial charge in [0.1, 0.15) is 34.2 Å². The van der Waals surface area contributed by atoms with Crippen molar-refractivity contribution in [2.75, 3.05) is 0 Å². The molecule has 0 unspecified atom stereocenters. The van der Waals surface area contributed by atoms with Gasteiger partial charge in [0, 0.05) is 51.8 Å². The molecule has 12 aromatic rings. The molecule has 12 rings (SSSR count). The van der Waals surface area contributed by atoms with Crippen LogP contribution in [-0.2, 0) is 58.6 Å². The molecule has 91 heavy (non-hydrogen) atoms. The normalized spacial score (nSPS) is 11.4. The molecule has 0 aliphatic heterocycles. The van der Waals surface area contributed by atoms with Crippen LogP contribution >= 0.6 is 0 Å². The Balaban J connectivity index is 0.000000161. The number of hydrogen-bond donors (Lipinski definition) is 0. The van der Waals surface area contributed by atoms with Crippen molar-refractivity contribution >= 4 is 65.8 Å². The zero-order valence-corrected chi connectivity index (χ0v) is 56.5. The molecule has 6 heterocycles. The molecular weight excluding hydrogens is 1310 g/mol. The Morgan fingerprint density at radius 1 is 0.330 bits per heavy atom. The Kier molecular flexibility index (Phi) is 25.2. The summed E-state index contributed by atoms with van der Waals surface area (Å²) >= 11 is 0. The van der Waals surface area contributed by atoms with E-state index in [1.807, 2.05) is 72.8 Å². The molecule has 0 saturated heterocycles. The molecule has 0 atom stereocenters. The number of benzene rings is 6. The van der Waals surface area contributed by atoms with Gasteiger partial charge in [-0.2, -0.15) is 0 Å². The molecule has 0 fully saturated rings. The van der Waals surface area contributed by atoms with Crippen molar-refractivity contribution in [3.05, 3.63) is 197 Å². The van der Waals surface area contributed by atoms with Crippen LogP contribution in [-0.4, -0.2) is 15.0 Å². The van der Waals surface area contributed by atoms with Crippen LogP contribution in [0.2, 0.25) is 0 Å². The fraction of sp³-hybridized carbons (Fsp3) is 0.370. The Morgan fingerprint density at radius 3 is 0.868 bits per heavy atom. The summed E-state index contributed by atoms with van der Waals surface area (Å²) in [7, 11) is 0. The maximum atomic E-state index is 15.4. The summed E-state index contributed by atoms with van der Waals surface area (Å²) in [5.74, 6) is -0.727. The van der Waals surface area contributed by atoms with Crippen LogP contribution in [0.15, 0.2) is 141 Å². The first-order chi connectivity index (χ1) is 44.2. The fourth-order valence-corrected chi connectivity index (χ4v) is 12.7. The van der Waals surface area contributed by atoms with Gasteiger partial charge in [-0.05, 0) is 91.6 Å². The van der Waals surface area contributed by atoms with E-state index in [0.29, 0.717) is 50.5 Å². The number of para-hydroxylation sites is 3. The number of aryl methyl sites for hydroxylation is 6. The minimum atomic E-state index is -0.242. The van der Waals surface area contributed by atoms with Crippen molar-refractivity contribution in [3.63, 3.8) is 0 Å². The number of aromatic nitrogens is 3. The Bertz CT molecular complexity index is 3880. The third-order valence-electron chi connectivity index (χ3n) is 17.8. The van der Waals surface area contributed by atoms with Crippen LogP contribution in [0.4, 0.5) is 13.2 Å². The van der Waals surface area contributed by atoms with E-state index in [1.54, 1.807) is 36.8 Å². The van der Waals surface area contributed by atoms with Crippen molar-refractivity contribution in [1.82, 2.24) is 15.0 Å². The number of fused-ring (bicyclic) bond motifs is 9. The second-order valence-corrected chi connectivity index (χ2v) is 24.0. The smallest absolute Gasteiger partial charge is 0.501 e. The first-order valence-corrected chi connectivity index (χ1v) is 33.7. The maximum Gasteiger partial charge on any atom is 3.00 e. The summed E-state index contributed by atoms with van der Waals surface area (Å²) in [6.45, 7) is 13.0. The standard InChI is InChI=1S/3C27H29FNO.Ir/c3*1-3-5-6-7-8-9-12-20-17-18-29-26(25(20)28)22-16-15-19(4-2)24-21-13-10-11-14-23(21)30-27(22)24;/h3*10-11,13-15,17-18H,3-9,12H2,1-2H3;/q3*-1;+3. The van der Waals surface area contributed by atoms with Crippen molar-refractivity contribution in [1.29, 1.82) is 0 Å². The van der Waals surface area contributed by atoms with Crippen LogP contribution in [0.5, 0.6) is 0 Å². The van der Waals surface area contributed by atoms with Crippen molar-refractivity contribution < 1.29 is 46.5 Å². The van der Waals surface area contributed by atoms with Crippen molar-refractivity contribution in [2.24, 2.45) is 0 Å². The van der Waals surface area contributed by atoms with Crippen LogP contribution < -0.4 is 0 Å². The summed E-state index contributed by atoms with van der Waals surface area (Å²) in [6, 6.07) is 45.0. The van der Waals surface area contributed by atoms with Gasteiger partial charge in [0.15, 0.2) is 0 Å². The van der Waals surface area contributed by atoms with Gasteiger partial charge in [0.25, 0.3) is 0 Å². The number of pyridine rings is 3. The molecule has 6 aromatic carbocycles. The zero-order chi connectivity index (χ0) is 62.8. The third kappa shape index (κ3) is 15.8. The van der Waals surface area contributed by atoms with Gasteiger partial charge in [0.05, 0.1) is 16.7 Å². The predicted molar refractivity (Wildman–Crippen MR) is 367 cm³/mol. The summed E-state index contributed by atoms with van der Waals surface area (Å²) in [6.07, 6.45) is 31.4. The first kappa shape index (κ1) is 68.0. The largest absolute Gasteiger partial charge is 3.00 e. The van der Waals surface area contributed by atoms with Gasteiger partial charge in [-0.15, -0.1) is 53.1 Å². The molecule has 0 aliphatic rings. The van der Waals surface area contributed by atoms with E-state index in [-0.39, 0.29) is 37.6 Å². The van der Waals surface area contributed by atoms with E-state index in [4.69, 9.17) is 13.3 Å². The summed E-state index contributed by atoms with van der Waals surface area (Å²) in [5.41, 5.74) is 13.0. The molecule has 6 aromatic heterocycles. The number of rotatable bonds is 27. The minimum Gasteiger partial charge on any atom is -0.501 e. The van der Waals surface area contributed by atoms with Crippen molar-refractivity contribution in [3.8, 4) is 33.8 Å². The van der Waals surface area contributed by atoms with Gasteiger partial charge in [0.2, 0.25) is 0 Å². The number of hydrogen-bond acceptors (Lipinski definition) is 6. The van der Waals surface area contributed by atoms with E-state index >= 15 is 13.2 Å². The SMILES string of the molecule is CCCCCCCCc1ccnc(-c2[c-]cc(CC)c3c2oc2ccccc23)c1F.CCCCCCCCc1ccnc(-c2[c-]cc(CC)c3c2oc2ccccc23)c1F.CCCCCCCCc1ccnc(-c2[c-]cc(CC)c3c2oc2ccccc23)c1F.[Ir+3]. The second kappa shape index (κ2) is 33.8. The molecule has 0 bridgehead atoms.